The van der Waals surface area contributed by atoms with E-state index in [0.29, 0.717) is 22.6 Å². The van der Waals surface area contributed by atoms with E-state index in [1.807, 2.05) is 36.4 Å². The maximum atomic E-state index is 13.2. The average molecular weight is 424 g/mol. The quantitative estimate of drug-likeness (QED) is 0.280. The third-order valence-corrected chi connectivity index (χ3v) is 5.73. The van der Waals surface area contributed by atoms with Gasteiger partial charge >= 0.3 is 0 Å². The summed E-state index contributed by atoms with van der Waals surface area (Å²) in [5.74, 6) is -1.05. The molecule has 1 atom stereocenters. The van der Waals surface area contributed by atoms with E-state index in [-0.39, 0.29) is 11.3 Å². The Hall–Kier alpha value is -4.32. The molecule has 0 aliphatic carbocycles. The fourth-order valence-electron chi connectivity index (χ4n) is 4.23. The Morgan fingerprint density at radius 3 is 2.50 bits per heavy atom. The average Bonchev–Trinajstić information content (AvgIpc) is 3.38. The molecule has 158 valence electrons. The van der Waals surface area contributed by atoms with E-state index in [1.54, 1.807) is 55.8 Å². The van der Waals surface area contributed by atoms with Gasteiger partial charge in [0.1, 0.15) is 11.5 Å². The lowest BCUT2D eigenvalue weighted by Gasteiger charge is -2.25. The van der Waals surface area contributed by atoms with E-state index < -0.39 is 17.7 Å². The second-order valence-corrected chi connectivity index (χ2v) is 7.53. The number of methoxy groups -OCH3 is 1. The van der Waals surface area contributed by atoms with Gasteiger partial charge in [0.25, 0.3) is 11.7 Å². The Morgan fingerprint density at radius 1 is 0.969 bits per heavy atom. The van der Waals surface area contributed by atoms with Crippen molar-refractivity contribution in [3.05, 3.63) is 102 Å². The molecule has 3 aromatic carbocycles. The molecule has 1 aliphatic heterocycles. The molecule has 4 aromatic rings. The molecule has 5 rings (SSSR count). The number of Topliss-reactive ketones (excluding diaryl/α,β-unsaturated/α-hetero) is 1. The molecule has 1 amide bonds. The molecule has 6 heteroatoms. The third kappa shape index (κ3) is 3.04. The third-order valence-electron chi connectivity index (χ3n) is 5.73. The van der Waals surface area contributed by atoms with Crippen molar-refractivity contribution in [2.45, 2.75) is 6.04 Å². The molecule has 0 radical (unpaired) electrons. The Balaban J connectivity index is 1.77. The standard InChI is InChI=1S/C26H20N2O4/c1-32-18-11-7-8-16(14-18)23-22(24(29)20-15-27-21-13-6-5-12-19(20)21)25(30)26(31)28(23)17-9-3-2-4-10-17/h2-15,23,27,29H,1H3/b24-22-. The van der Waals surface area contributed by atoms with E-state index in [2.05, 4.69) is 4.98 Å². The lowest BCUT2D eigenvalue weighted by Crippen LogP contribution is -2.29. The summed E-state index contributed by atoms with van der Waals surface area (Å²) in [6, 6.07) is 22.8. The number of carbonyl (C=O) groups excluding carboxylic acids is 2. The SMILES string of the molecule is COc1cccc(C2/C(=C(/O)c3c[nH]c4ccccc34)C(=O)C(=O)N2c2ccccc2)c1. The van der Waals surface area contributed by atoms with Gasteiger partial charge < -0.3 is 14.8 Å². The Morgan fingerprint density at radius 2 is 1.72 bits per heavy atom. The monoisotopic (exact) mass is 424 g/mol. The van der Waals surface area contributed by atoms with Crippen molar-refractivity contribution in [1.29, 1.82) is 0 Å². The van der Waals surface area contributed by atoms with Crippen LogP contribution in [0, 0.1) is 0 Å². The van der Waals surface area contributed by atoms with Gasteiger partial charge in [0.2, 0.25) is 0 Å². The minimum atomic E-state index is -0.804. The predicted octanol–water partition coefficient (Wildman–Crippen LogP) is 4.80. The fourth-order valence-corrected chi connectivity index (χ4v) is 4.23. The number of anilines is 1. The van der Waals surface area contributed by atoms with Crippen LogP contribution in [0.15, 0.2) is 90.6 Å². The number of aromatic amines is 1. The number of nitrogens with one attached hydrogen (secondary N) is 1. The summed E-state index contributed by atoms with van der Waals surface area (Å²) in [7, 11) is 1.55. The van der Waals surface area contributed by atoms with Crippen molar-refractivity contribution in [2.24, 2.45) is 0 Å². The first kappa shape index (κ1) is 19.6. The molecule has 1 unspecified atom stereocenters. The van der Waals surface area contributed by atoms with Gasteiger partial charge in [-0.2, -0.15) is 0 Å². The molecular weight excluding hydrogens is 404 g/mol. The molecule has 1 aromatic heterocycles. The number of fused-ring (bicyclic) bond motifs is 1. The number of ketones is 1. The number of rotatable bonds is 4. The minimum absolute atomic E-state index is 0.0388. The number of hydrogen-bond acceptors (Lipinski definition) is 4. The van der Waals surface area contributed by atoms with Gasteiger partial charge in [0, 0.05) is 28.4 Å². The van der Waals surface area contributed by atoms with Crippen molar-refractivity contribution in [2.75, 3.05) is 12.0 Å². The van der Waals surface area contributed by atoms with Crippen LogP contribution in [-0.2, 0) is 9.59 Å². The van der Waals surface area contributed by atoms with Gasteiger partial charge in [-0.25, -0.2) is 0 Å². The van der Waals surface area contributed by atoms with Crippen LogP contribution in [0.3, 0.4) is 0 Å². The lowest BCUT2D eigenvalue weighted by atomic mass is 9.95. The number of H-pyrrole nitrogens is 1. The lowest BCUT2D eigenvalue weighted by molar-refractivity contribution is -0.132. The first-order valence-electron chi connectivity index (χ1n) is 10.2. The van der Waals surface area contributed by atoms with E-state index in [0.717, 1.165) is 10.9 Å². The molecule has 32 heavy (non-hydrogen) atoms. The fraction of sp³-hybridized carbons (Fsp3) is 0.0769. The zero-order valence-electron chi connectivity index (χ0n) is 17.3. The second kappa shape index (κ2) is 7.74. The summed E-state index contributed by atoms with van der Waals surface area (Å²) in [5.41, 5.74) is 2.56. The number of aromatic nitrogens is 1. The van der Waals surface area contributed by atoms with Crippen molar-refractivity contribution in [3.63, 3.8) is 0 Å². The number of amides is 1. The van der Waals surface area contributed by atoms with Crippen molar-refractivity contribution < 1.29 is 19.4 Å². The minimum Gasteiger partial charge on any atom is -0.507 e. The van der Waals surface area contributed by atoms with Crippen LogP contribution >= 0.6 is 0 Å². The molecule has 0 spiro atoms. The number of nitrogens with zero attached hydrogens (tertiary/aromatic N) is 1. The van der Waals surface area contributed by atoms with E-state index in [1.165, 1.54) is 4.90 Å². The number of carbonyl (C=O) groups is 2. The first-order valence-corrected chi connectivity index (χ1v) is 10.2. The molecule has 0 saturated carbocycles. The molecule has 1 aliphatic rings. The molecule has 6 nitrogen and oxygen atoms in total. The molecule has 1 saturated heterocycles. The number of benzene rings is 3. The van der Waals surface area contributed by atoms with Crippen molar-refractivity contribution in [3.8, 4) is 5.75 Å². The van der Waals surface area contributed by atoms with Gasteiger partial charge in [-0.15, -0.1) is 0 Å². The molecule has 0 bridgehead atoms. The van der Waals surface area contributed by atoms with Gasteiger partial charge in [-0.3, -0.25) is 14.5 Å². The van der Waals surface area contributed by atoms with Crippen LogP contribution in [0.25, 0.3) is 16.7 Å². The zero-order valence-corrected chi connectivity index (χ0v) is 17.3. The summed E-state index contributed by atoms with van der Waals surface area (Å²) >= 11 is 0. The summed E-state index contributed by atoms with van der Waals surface area (Å²) < 4.78 is 5.36. The van der Waals surface area contributed by atoms with Crippen molar-refractivity contribution in [1.82, 2.24) is 4.98 Å². The number of para-hydroxylation sites is 2. The largest absolute Gasteiger partial charge is 0.507 e. The van der Waals surface area contributed by atoms with E-state index in [9.17, 15) is 14.7 Å². The highest BCUT2D eigenvalue weighted by molar-refractivity contribution is 6.51. The number of aliphatic hydroxyl groups excluding tert-OH is 1. The number of aliphatic hydroxyl groups is 1. The molecule has 2 N–H and O–H groups in total. The highest BCUT2D eigenvalue weighted by Gasteiger charge is 2.47. The number of hydrogen-bond donors (Lipinski definition) is 2. The highest BCUT2D eigenvalue weighted by Crippen LogP contribution is 2.43. The van der Waals surface area contributed by atoms with Crippen LogP contribution in [0.1, 0.15) is 17.2 Å². The van der Waals surface area contributed by atoms with Crippen LogP contribution in [0.5, 0.6) is 5.75 Å². The zero-order chi connectivity index (χ0) is 22.2. The van der Waals surface area contributed by atoms with Gasteiger partial charge in [0.05, 0.1) is 18.7 Å². The Labute approximate surface area is 184 Å². The molecule has 2 heterocycles. The maximum absolute atomic E-state index is 13.2. The number of ether oxygens (including phenoxy) is 1. The second-order valence-electron chi connectivity index (χ2n) is 7.53. The summed E-state index contributed by atoms with van der Waals surface area (Å²) in [5, 5.41) is 12.1. The van der Waals surface area contributed by atoms with Crippen molar-refractivity contribution >= 4 is 34.0 Å². The van der Waals surface area contributed by atoms with E-state index >= 15 is 0 Å². The van der Waals surface area contributed by atoms with Crippen LogP contribution in [0.2, 0.25) is 0 Å². The smallest absolute Gasteiger partial charge is 0.300 e. The Kier molecular flexibility index (Phi) is 4.75. The first-order chi connectivity index (χ1) is 15.6. The summed E-state index contributed by atoms with van der Waals surface area (Å²) in [6.45, 7) is 0. The summed E-state index contributed by atoms with van der Waals surface area (Å²) in [6.07, 6.45) is 1.65. The maximum Gasteiger partial charge on any atom is 0.300 e. The highest BCUT2D eigenvalue weighted by atomic mass is 16.5. The molecule has 1 fully saturated rings. The van der Waals surface area contributed by atoms with E-state index in [4.69, 9.17) is 4.74 Å². The van der Waals surface area contributed by atoms with Crippen LogP contribution in [0.4, 0.5) is 5.69 Å². The Bertz CT molecular complexity index is 1370. The topological polar surface area (TPSA) is 82.6 Å². The van der Waals surface area contributed by atoms with Crippen LogP contribution in [-0.4, -0.2) is 28.9 Å². The normalized spacial score (nSPS) is 17.8. The van der Waals surface area contributed by atoms with Gasteiger partial charge in [-0.1, -0.05) is 48.5 Å². The molecular formula is C26H20N2O4. The summed E-state index contributed by atoms with van der Waals surface area (Å²) in [4.78, 5) is 31.0. The van der Waals surface area contributed by atoms with Gasteiger partial charge in [0.15, 0.2) is 0 Å². The van der Waals surface area contributed by atoms with Crippen LogP contribution < -0.4 is 9.64 Å². The predicted molar refractivity (Wildman–Crippen MR) is 123 cm³/mol. The van der Waals surface area contributed by atoms with Gasteiger partial charge in [-0.05, 0) is 35.9 Å².